The number of carbonyl (C=O) groups is 1. The van der Waals surface area contributed by atoms with Gasteiger partial charge in [-0.2, -0.15) is 0 Å². The molecule has 0 aliphatic rings. The minimum atomic E-state index is -3.66. The molecule has 0 fully saturated rings. The van der Waals surface area contributed by atoms with E-state index in [1.807, 2.05) is 0 Å². The standard InChI is InChI=1S/C21H23FN4O3S/c1-14(2)25-30(28,29)16-10-8-15(9-11-16)21(27)24-19(20-23-12-13-26(20)3)17-6-4-5-7-18(17)22/h4-14,19,25H,1-3H3,(H,24,27). The highest BCUT2D eigenvalue weighted by atomic mass is 32.2. The van der Waals surface area contributed by atoms with Crippen LogP contribution in [0.5, 0.6) is 0 Å². The van der Waals surface area contributed by atoms with Crippen molar-refractivity contribution >= 4 is 15.9 Å². The summed E-state index contributed by atoms with van der Waals surface area (Å²) in [7, 11) is -1.91. The van der Waals surface area contributed by atoms with Gasteiger partial charge in [-0.1, -0.05) is 18.2 Å². The molecule has 9 heteroatoms. The Morgan fingerprint density at radius 1 is 1.10 bits per heavy atom. The van der Waals surface area contributed by atoms with E-state index in [2.05, 4.69) is 15.0 Å². The number of aromatic nitrogens is 2. The van der Waals surface area contributed by atoms with Gasteiger partial charge >= 0.3 is 0 Å². The maximum Gasteiger partial charge on any atom is 0.252 e. The van der Waals surface area contributed by atoms with Gasteiger partial charge in [0.1, 0.15) is 17.7 Å². The molecule has 0 saturated heterocycles. The van der Waals surface area contributed by atoms with Crippen LogP contribution in [0.25, 0.3) is 0 Å². The molecule has 30 heavy (non-hydrogen) atoms. The summed E-state index contributed by atoms with van der Waals surface area (Å²) in [6.45, 7) is 3.44. The van der Waals surface area contributed by atoms with Crippen LogP contribution in [0.15, 0.2) is 65.8 Å². The van der Waals surface area contributed by atoms with E-state index < -0.39 is 27.8 Å². The minimum Gasteiger partial charge on any atom is -0.338 e. The van der Waals surface area contributed by atoms with Crippen LogP contribution in [-0.4, -0.2) is 29.9 Å². The maximum absolute atomic E-state index is 14.4. The molecular weight excluding hydrogens is 407 g/mol. The van der Waals surface area contributed by atoms with E-state index in [1.165, 1.54) is 30.3 Å². The van der Waals surface area contributed by atoms with E-state index in [0.717, 1.165) is 0 Å². The highest BCUT2D eigenvalue weighted by Crippen LogP contribution is 2.24. The second kappa shape index (κ2) is 8.76. The molecule has 1 unspecified atom stereocenters. The van der Waals surface area contributed by atoms with Crippen molar-refractivity contribution in [2.45, 2.75) is 30.8 Å². The van der Waals surface area contributed by atoms with Crippen LogP contribution in [0.2, 0.25) is 0 Å². The zero-order chi connectivity index (χ0) is 21.9. The Labute approximate surface area is 175 Å². The summed E-state index contributed by atoms with van der Waals surface area (Å²) in [5.41, 5.74) is 0.523. The van der Waals surface area contributed by atoms with Crippen LogP contribution >= 0.6 is 0 Å². The predicted molar refractivity (Wildman–Crippen MR) is 111 cm³/mol. The van der Waals surface area contributed by atoms with E-state index in [9.17, 15) is 17.6 Å². The fraction of sp³-hybridized carbons (Fsp3) is 0.238. The molecule has 0 aliphatic carbocycles. The van der Waals surface area contributed by atoms with Crippen molar-refractivity contribution in [1.29, 1.82) is 0 Å². The summed E-state index contributed by atoms with van der Waals surface area (Å²) >= 11 is 0. The van der Waals surface area contributed by atoms with E-state index in [-0.39, 0.29) is 22.1 Å². The van der Waals surface area contributed by atoms with Gasteiger partial charge in [0, 0.05) is 36.6 Å². The molecule has 1 aromatic heterocycles. The van der Waals surface area contributed by atoms with Gasteiger partial charge < -0.3 is 9.88 Å². The molecule has 0 saturated carbocycles. The van der Waals surface area contributed by atoms with Crippen LogP contribution in [-0.2, 0) is 17.1 Å². The van der Waals surface area contributed by atoms with Crippen molar-refractivity contribution in [3.05, 3.63) is 83.7 Å². The molecule has 3 rings (SSSR count). The monoisotopic (exact) mass is 430 g/mol. The quantitative estimate of drug-likeness (QED) is 0.603. The summed E-state index contributed by atoms with van der Waals surface area (Å²) in [5.74, 6) is -0.479. The van der Waals surface area contributed by atoms with E-state index in [4.69, 9.17) is 0 Å². The lowest BCUT2D eigenvalue weighted by Gasteiger charge is -2.20. The maximum atomic E-state index is 14.4. The van der Waals surface area contributed by atoms with Crippen LogP contribution in [0.4, 0.5) is 4.39 Å². The smallest absolute Gasteiger partial charge is 0.252 e. The predicted octanol–water partition coefficient (Wildman–Crippen LogP) is 2.77. The van der Waals surface area contributed by atoms with E-state index >= 15 is 0 Å². The molecular formula is C21H23FN4O3S. The van der Waals surface area contributed by atoms with Gasteiger partial charge in [-0.15, -0.1) is 0 Å². The molecule has 2 aromatic carbocycles. The van der Waals surface area contributed by atoms with Crippen LogP contribution in [0.1, 0.15) is 41.6 Å². The molecule has 0 spiro atoms. The van der Waals surface area contributed by atoms with Gasteiger partial charge in [0.2, 0.25) is 10.0 Å². The molecule has 3 aromatic rings. The molecule has 7 nitrogen and oxygen atoms in total. The lowest BCUT2D eigenvalue weighted by atomic mass is 10.0. The van der Waals surface area contributed by atoms with Gasteiger partial charge in [-0.3, -0.25) is 4.79 Å². The lowest BCUT2D eigenvalue weighted by molar-refractivity contribution is 0.0940. The average molecular weight is 431 g/mol. The van der Waals surface area contributed by atoms with E-state index in [1.54, 1.807) is 56.1 Å². The molecule has 1 amide bonds. The number of sulfonamides is 1. The number of hydrogen-bond donors (Lipinski definition) is 2. The van der Waals surface area contributed by atoms with Crippen molar-refractivity contribution in [3.63, 3.8) is 0 Å². The summed E-state index contributed by atoms with van der Waals surface area (Å²) < 4.78 is 43.1. The highest BCUT2D eigenvalue weighted by molar-refractivity contribution is 7.89. The highest BCUT2D eigenvalue weighted by Gasteiger charge is 2.24. The fourth-order valence-electron chi connectivity index (χ4n) is 3.02. The van der Waals surface area contributed by atoms with Crippen molar-refractivity contribution in [1.82, 2.24) is 19.6 Å². The number of nitrogens with zero attached hydrogens (tertiary/aromatic N) is 2. The Bertz CT molecular complexity index is 1140. The van der Waals surface area contributed by atoms with Crippen LogP contribution in [0, 0.1) is 5.82 Å². The Kier molecular flexibility index (Phi) is 6.33. The van der Waals surface area contributed by atoms with Gasteiger partial charge in [0.25, 0.3) is 5.91 Å². The Morgan fingerprint density at radius 3 is 2.33 bits per heavy atom. The first-order valence-electron chi connectivity index (χ1n) is 9.34. The molecule has 0 radical (unpaired) electrons. The Balaban J connectivity index is 1.88. The number of halogens is 1. The first-order chi connectivity index (χ1) is 14.2. The van der Waals surface area contributed by atoms with Gasteiger partial charge in [0.15, 0.2) is 0 Å². The molecule has 2 N–H and O–H groups in total. The summed E-state index contributed by atoms with van der Waals surface area (Å²) in [4.78, 5) is 17.2. The minimum absolute atomic E-state index is 0.0579. The normalized spacial score (nSPS) is 12.7. The first kappa shape index (κ1) is 21.7. The number of imidazole rings is 1. The topological polar surface area (TPSA) is 93.1 Å². The third-order valence-corrected chi connectivity index (χ3v) is 6.10. The molecule has 158 valence electrons. The zero-order valence-electron chi connectivity index (χ0n) is 16.8. The second-order valence-electron chi connectivity index (χ2n) is 7.12. The number of hydrogen-bond acceptors (Lipinski definition) is 4. The zero-order valence-corrected chi connectivity index (χ0v) is 17.7. The van der Waals surface area contributed by atoms with Crippen molar-refractivity contribution in [2.75, 3.05) is 0 Å². The third-order valence-electron chi connectivity index (χ3n) is 4.43. The Morgan fingerprint density at radius 2 is 1.77 bits per heavy atom. The van der Waals surface area contributed by atoms with Gasteiger partial charge in [-0.05, 0) is 44.2 Å². The third kappa shape index (κ3) is 4.74. The Hall–Kier alpha value is -3.04. The van der Waals surface area contributed by atoms with Crippen LogP contribution in [0.3, 0.4) is 0 Å². The van der Waals surface area contributed by atoms with Crippen molar-refractivity contribution < 1.29 is 17.6 Å². The van der Waals surface area contributed by atoms with Crippen LogP contribution < -0.4 is 10.0 Å². The number of benzene rings is 2. The summed E-state index contributed by atoms with van der Waals surface area (Å²) in [6, 6.07) is 10.6. The number of nitrogens with one attached hydrogen (secondary N) is 2. The number of carbonyl (C=O) groups excluding carboxylic acids is 1. The number of rotatable bonds is 7. The number of amides is 1. The molecule has 0 aliphatic heterocycles. The number of aryl methyl sites for hydroxylation is 1. The van der Waals surface area contributed by atoms with Gasteiger partial charge in [-0.25, -0.2) is 22.5 Å². The van der Waals surface area contributed by atoms with Crippen molar-refractivity contribution in [3.8, 4) is 0 Å². The van der Waals surface area contributed by atoms with Crippen molar-refractivity contribution in [2.24, 2.45) is 7.05 Å². The first-order valence-corrected chi connectivity index (χ1v) is 10.8. The molecule has 0 bridgehead atoms. The van der Waals surface area contributed by atoms with E-state index in [0.29, 0.717) is 5.82 Å². The fourth-order valence-corrected chi connectivity index (χ4v) is 4.28. The summed E-state index contributed by atoms with van der Waals surface area (Å²) in [5, 5.41) is 2.80. The SMILES string of the molecule is CC(C)NS(=O)(=O)c1ccc(C(=O)NC(c2ccccc2F)c2nccn2C)cc1. The van der Waals surface area contributed by atoms with Gasteiger partial charge in [0.05, 0.1) is 4.90 Å². The largest absolute Gasteiger partial charge is 0.338 e. The lowest BCUT2D eigenvalue weighted by Crippen LogP contribution is -2.32. The molecule has 1 heterocycles. The molecule has 1 atom stereocenters. The average Bonchev–Trinajstić information content (AvgIpc) is 3.11. The summed E-state index contributed by atoms with van der Waals surface area (Å²) in [6.07, 6.45) is 3.27. The second-order valence-corrected chi connectivity index (χ2v) is 8.84.